The van der Waals surface area contributed by atoms with Gasteiger partial charge in [0.2, 0.25) is 0 Å². The highest BCUT2D eigenvalue weighted by atomic mass is 19.1. The molecule has 0 aliphatic rings. The van der Waals surface area contributed by atoms with Crippen molar-refractivity contribution in [3.63, 3.8) is 0 Å². The highest BCUT2D eigenvalue weighted by molar-refractivity contribution is 5.81. The van der Waals surface area contributed by atoms with Gasteiger partial charge in [-0.1, -0.05) is 32.9 Å². The number of aliphatic hydroxyl groups excluding tert-OH is 1. The first-order valence-corrected chi connectivity index (χ1v) is 6.82. The van der Waals surface area contributed by atoms with Crippen molar-refractivity contribution < 1.29 is 19.0 Å². The fraction of sp³-hybridized carbons (Fsp3) is 0.533. The average molecular weight is 283 g/mol. The number of rotatable bonds is 7. The molecule has 1 aromatic rings. The summed E-state index contributed by atoms with van der Waals surface area (Å²) < 4.78 is 18.9. The molecule has 0 aromatic heterocycles. The number of aliphatic hydroxyl groups is 1. The lowest BCUT2D eigenvalue weighted by molar-refractivity contribution is -0.128. The molecule has 5 heteroatoms. The van der Waals surface area contributed by atoms with Crippen LogP contribution in [0, 0.1) is 11.7 Å². The van der Waals surface area contributed by atoms with Gasteiger partial charge >= 0.3 is 0 Å². The van der Waals surface area contributed by atoms with E-state index >= 15 is 0 Å². The van der Waals surface area contributed by atoms with Crippen LogP contribution in [0.1, 0.15) is 27.2 Å². The van der Waals surface area contributed by atoms with E-state index in [2.05, 4.69) is 5.32 Å². The van der Waals surface area contributed by atoms with Gasteiger partial charge in [0.15, 0.2) is 17.7 Å². The molecule has 0 fully saturated rings. The predicted molar refractivity (Wildman–Crippen MR) is 75.0 cm³/mol. The second-order valence-corrected chi connectivity index (χ2v) is 5.00. The van der Waals surface area contributed by atoms with Crippen LogP contribution in [-0.4, -0.2) is 29.8 Å². The van der Waals surface area contributed by atoms with Gasteiger partial charge in [-0.3, -0.25) is 4.79 Å². The number of hydrogen-bond donors (Lipinski definition) is 2. The van der Waals surface area contributed by atoms with Crippen molar-refractivity contribution in [2.75, 3.05) is 6.54 Å². The summed E-state index contributed by atoms with van der Waals surface area (Å²) in [5.74, 6) is -0.738. The van der Waals surface area contributed by atoms with Gasteiger partial charge in [-0.25, -0.2) is 4.39 Å². The molecule has 0 bridgehead atoms. The molecule has 4 nitrogen and oxygen atoms in total. The maximum Gasteiger partial charge on any atom is 0.261 e. The van der Waals surface area contributed by atoms with Gasteiger partial charge in [0.05, 0.1) is 6.10 Å². The molecule has 0 radical (unpaired) electrons. The van der Waals surface area contributed by atoms with E-state index in [0.29, 0.717) is 6.42 Å². The second-order valence-electron chi connectivity index (χ2n) is 5.00. The van der Waals surface area contributed by atoms with Gasteiger partial charge in [-0.15, -0.1) is 0 Å². The summed E-state index contributed by atoms with van der Waals surface area (Å²) in [5, 5.41) is 12.3. The van der Waals surface area contributed by atoms with Crippen molar-refractivity contribution in [3.05, 3.63) is 30.1 Å². The normalized spacial score (nSPS) is 13.9. The van der Waals surface area contributed by atoms with Gasteiger partial charge in [0.1, 0.15) is 0 Å². The van der Waals surface area contributed by atoms with Crippen LogP contribution in [0.25, 0.3) is 0 Å². The number of amides is 1. The van der Waals surface area contributed by atoms with Crippen LogP contribution in [0.5, 0.6) is 5.75 Å². The number of benzene rings is 1. The number of halogens is 1. The van der Waals surface area contributed by atoms with E-state index in [4.69, 9.17) is 4.74 Å². The zero-order valence-electron chi connectivity index (χ0n) is 12.1. The van der Waals surface area contributed by atoms with Crippen molar-refractivity contribution in [1.29, 1.82) is 0 Å². The molecule has 0 spiro atoms. The Kier molecular flexibility index (Phi) is 6.45. The smallest absolute Gasteiger partial charge is 0.261 e. The van der Waals surface area contributed by atoms with Crippen molar-refractivity contribution >= 4 is 5.91 Å². The van der Waals surface area contributed by atoms with Crippen LogP contribution in [0.2, 0.25) is 0 Å². The first kappa shape index (κ1) is 16.4. The lowest BCUT2D eigenvalue weighted by atomic mass is 10.1. The molecular formula is C15H22FNO3. The number of hydrogen-bond acceptors (Lipinski definition) is 3. The van der Waals surface area contributed by atoms with Gasteiger partial charge in [0, 0.05) is 6.54 Å². The maximum atomic E-state index is 13.5. The monoisotopic (exact) mass is 283 g/mol. The first-order valence-electron chi connectivity index (χ1n) is 6.82. The van der Waals surface area contributed by atoms with Crippen molar-refractivity contribution in [2.24, 2.45) is 5.92 Å². The van der Waals surface area contributed by atoms with Gasteiger partial charge in [0.25, 0.3) is 5.91 Å². The lowest BCUT2D eigenvalue weighted by Crippen LogP contribution is -2.42. The molecule has 1 rings (SSSR count). The highest BCUT2D eigenvalue weighted by Crippen LogP contribution is 2.18. The van der Waals surface area contributed by atoms with Crippen molar-refractivity contribution in [3.8, 4) is 5.75 Å². The molecule has 0 heterocycles. The van der Waals surface area contributed by atoms with Gasteiger partial charge < -0.3 is 15.2 Å². The van der Waals surface area contributed by atoms with Crippen LogP contribution in [-0.2, 0) is 4.79 Å². The Balaban J connectivity index is 2.58. The summed E-state index contributed by atoms with van der Waals surface area (Å²) in [4.78, 5) is 11.9. The van der Waals surface area contributed by atoms with Crippen LogP contribution in [0.3, 0.4) is 0 Å². The fourth-order valence-electron chi connectivity index (χ4n) is 1.57. The maximum absolute atomic E-state index is 13.5. The summed E-state index contributed by atoms with van der Waals surface area (Å²) in [6.45, 7) is 5.67. The lowest BCUT2D eigenvalue weighted by Gasteiger charge is -2.20. The average Bonchev–Trinajstić information content (AvgIpc) is 2.43. The summed E-state index contributed by atoms with van der Waals surface area (Å²) in [5.41, 5.74) is 0. The predicted octanol–water partition coefficient (Wildman–Crippen LogP) is 2.12. The molecule has 2 unspecified atom stereocenters. The first-order chi connectivity index (χ1) is 9.45. The van der Waals surface area contributed by atoms with Crippen LogP contribution < -0.4 is 10.1 Å². The summed E-state index contributed by atoms with van der Waals surface area (Å²) in [7, 11) is 0. The molecule has 0 aliphatic heterocycles. The Hall–Kier alpha value is -1.62. The number of carbonyl (C=O) groups excluding carboxylic acids is 1. The largest absolute Gasteiger partial charge is 0.478 e. The van der Waals surface area contributed by atoms with E-state index in [1.54, 1.807) is 19.1 Å². The molecular weight excluding hydrogens is 261 g/mol. The zero-order valence-corrected chi connectivity index (χ0v) is 12.1. The van der Waals surface area contributed by atoms with E-state index in [-0.39, 0.29) is 24.1 Å². The number of ether oxygens (including phenoxy) is 1. The van der Waals surface area contributed by atoms with Crippen LogP contribution in [0.15, 0.2) is 24.3 Å². The minimum Gasteiger partial charge on any atom is -0.478 e. The number of carbonyl (C=O) groups is 1. The fourth-order valence-corrected chi connectivity index (χ4v) is 1.57. The third-order valence-electron chi connectivity index (χ3n) is 3.02. The topological polar surface area (TPSA) is 58.6 Å². The van der Waals surface area contributed by atoms with Crippen LogP contribution in [0.4, 0.5) is 4.39 Å². The third kappa shape index (κ3) is 4.81. The van der Waals surface area contributed by atoms with Gasteiger partial charge in [-0.05, 0) is 24.5 Å². The zero-order chi connectivity index (χ0) is 15.1. The minimum absolute atomic E-state index is 0.0545. The molecule has 0 saturated heterocycles. The summed E-state index contributed by atoms with van der Waals surface area (Å²) in [6, 6.07) is 5.96. The highest BCUT2D eigenvalue weighted by Gasteiger charge is 2.20. The SMILES string of the molecule is CCC(Oc1ccccc1F)C(=O)NCC(O)C(C)C. The van der Waals surface area contributed by atoms with E-state index in [9.17, 15) is 14.3 Å². The molecule has 2 N–H and O–H groups in total. The van der Waals surface area contributed by atoms with Gasteiger partial charge in [-0.2, -0.15) is 0 Å². The molecule has 1 amide bonds. The number of nitrogens with one attached hydrogen (secondary N) is 1. The minimum atomic E-state index is -0.772. The Bertz CT molecular complexity index is 437. The Morgan fingerprint density at radius 1 is 1.40 bits per heavy atom. The molecule has 2 atom stereocenters. The van der Waals surface area contributed by atoms with Crippen molar-refractivity contribution in [2.45, 2.75) is 39.4 Å². The second kappa shape index (κ2) is 7.85. The van der Waals surface area contributed by atoms with E-state index in [0.717, 1.165) is 0 Å². The molecule has 0 aliphatic carbocycles. The summed E-state index contributed by atoms with van der Waals surface area (Å²) >= 11 is 0. The molecule has 112 valence electrons. The Labute approximate surface area is 119 Å². The summed E-state index contributed by atoms with van der Waals surface area (Å²) in [6.07, 6.45) is -0.964. The third-order valence-corrected chi connectivity index (χ3v) is 3.02. The van der Waals surface area contributed by atoms with Crippen molar-refractivity contribution in [1.82, 2.24) is 5.32 Å². The quantitative estimate of drug-likeness (QED) is 0.806. The molecule has 1 aromatic carbocycles. The van der Waals surface area contributed by atoms with E-state index in [1.165, 1.54) is 12.1 Å². The van der Waals surface area contributed by atoms with E-state index < -0.39 is 18.0 Å². The standard InChI is InChI=1S/C15H22FNO3/c1-4-13(15(19)17-9-12(18)10(2)3)20-14-8-6-5-7-11(14)16/h5-8,10,12-13,18H,4,9H2,1-3H3,(H,17,19). The Morgan fingerprint density at radius 3 is 2.60 bits per heavy atom. The van der Waals surface area contributed by atoms with Crippen LogP contribution >= 0.6 is 0 Å². The number of para-hydroxylation sites is 1. The Morgan fingerprint density at radius 2 is 2.05 bits per heavy atom. The molecule has 20 heavy (non-hydrogen) atoms. The molecule has 0 saturated carbocycles. The van der Waals surface area contributed by atoms with E-state index in [1.807, 2.05) is 13.8 Å².